The van der Waals surface area contributed by atoms with Crippen molar-refractivity contribution in [2.45, 2.75) is 13.1 Å². The summed E-state index contributed by atoms with van der Waals surface area (Å²) in [6, 6.07) is 7.46. The Morgan fingerprint density at radius 1 is 1.17 bits per heavy atom. The van der Waals surface area contributed by atoms with Gasteiger partial charge in [0, 0.05) is 11.1 Å². The van der Waals surface area contributed by atoms with Crippen LogP contribution in [0, 0.1) is 0 Å². The first kappa shape index (κ1) is 17.3. The molecule has 0 radical (unpaired) electrons. The number of hydrogen-bond donors (Lipinski definition) is 0. The van der Waals surface area contributed by atoms with Crippen LogP contribution in [0.25, 0.3) is 0 Å². The zero-order valence-corrected chi connectivity index (χ0v) is 15.3. The molecule has 3 aromatic rings. The highest BCUT2D eigenvalue weighted by molar-refractivity contribution is 7.09. The van der Waals surface area contributed by atoms with Gasteiger partial charge < -0.3 is 9.32 Å². The van der Waals surface area contributed by atoms with Gasteiger partial charge >= 0.3 is 0 Å². The van der Waals surface area contributed by atoms with Gasteiger partial charge in [-0.3, -0.25) is 4.79 Å². The minimum Gasteiger partial charge on any atom is -0.467 e. The van der Waals surface area contributed by atoms with Gasteiger partial charge in [-0.25, -0.2) is 4.98 Å². The first-order valence-electron chi connectivity index (χ1n) is 6.90. The van der Waals surface area contributed by atoms with Crippen LogP contribution in [0.5, 0.6) is 0 Å². The van der Waals surface area contributed by atoms with Crippen LogP contribution in [-0.4, -0.2) is 15.8 Å². The Labute approximate surface area is 157 Å². The maximum absolute atomic E-state index is 12.9. The van der Waals surface area contributed by atoms with Crippen molar-refractivity contribution >= 4 is 52.0 Å². The lowest BCUT2D eigenvalue weighted by Crippen LogP contribution is -2.30. The van der Waals surface area contributed by atoms with Gasteiger partial charge in [0.15, 0.2) is 0 Å². The molecule has 0 unspecified atom stereocenters. The summed E-state index contributed by atoms with van der Waals surface area (Å²) in [4.78, 5) is 19.6. The molecule has 24 heavy (non-hydrogen) atoms. The molecule has 3 heterocycles. The summed E-state index contributed by atoms with van der Waals surface area (Å²) < 4.78 is 5.35. The van der Waals surface area contributed by atoms with Gasteiger partial charge in [-0.15, -0.1) is 11.3 Å². The zero-order valence-electron chi connectivity index (χ0n) is 12.2. The van der Waals surface area contributed by atoms with Crippen LogP contribution in [0.4, 0.5) is 0 Å². The molecular formula is C16H11Cl3N2O2S. The summed E-state index contributed by atoms with van der Waals surface area (Å²) in [7, 11) is 0. The number of furan rings is 1. The van der Waals surface area contributed by atoms with Gasteiger partial charge in [-0.05, 0) is 23.6 Å². The number of hydrogen-bond acceptors (Lipinski definition) is 4. The standard InChI is InChI=1S/C16H11Cl3N2O2S/c17-12-7-20-15(14(19)13(12)18)16(22)21(8-10-3-1-5-23-10)9-11-4-2-6-24-11/h1-7H,8-9H2. The largest absolute Gasteiger partial charge is 0.467 e. The number of pyridine rings is 1. The number of amides is 1. The van der Waals surface area contributed by atoms with Crippen molar-refractivity contribution < 1.29 is 9.21 Å². The number of halogens is 3. The maximum atomic E-state index is 12.9. The van der Waals surface area contributed by atoms with Gasteiger partial charge in [0.1, 0.15) is 11.5 Å². The molecule has 4 nitrogen and oxygen atoms in total. The molecule has 0 spiro atoms. The Bertz CT molecular complexity index is 799. The molecule has 3 aromatic heterocycles. The van der Waals surface area contributed by atoms with E-state index in [4.69, 9.17) is 39.2 Å². The number of carbonyl (C=O) groups excluding carboxylic acids is 1. The van der Waals surface area contributed by atoms with Crippen LogP contribution >= 0.6 is 46.1 Å². The average molecular weight is 402 g/mol. The number of nitrogens with zero attached hydrogens (tertiary/aromatic N) is 2. The molecule has 0 saturated carbocycles. The van der Waals surface area contributed by atoms with Crippen LogP contribution in [0.2, 0.25) is 15.1 Å². The van der Waals surface area contributed by atoms with Gasteiger partial charge in [-0.2, -0.15) is 0 Å². The molecule has 0 atom stereocenters. The fourth-order valence-electron chi connectivity index (χ4n) is 2.12. The van der Waals surface area contributed by atoms with E-state index in [1.54, 1.807) is 34.6 Å². The molecule has 0 fully saturated rings. The predicted molar refractivity (Wildman–Crippen MR) is 95.9 cm³/mol. The normalized spacial score (nSPS) is 10.8. The van der Waals surface area contributed by atoms with Crippen LogP contribution in [0.1, 0.15) is 21.1 Å². The van der Waals surface area contributed by atoms with Gasteiger partial charge in [-0.1, -0.05) is 40.9 Å². The van der Waals surface area contributed by atoms with Crippen LogP contribution in [0.15, 0.2) is 46.5 Å². The van der Waals surface area contributed by atoms with E-state index in [0.29, 0.717) is 18.8 Å². The third kappa shape index (κ3) is 3.75. The van der Waals surface area contributed by atoms with Crippen molar-refractivity contribution in [2.24, 2.45) is 0 Å². The smallest absolute Gasteiger partial charge is 0.274 e. The highest BCUT2D eigenvalue weighted by atomic mass is 35.5. The third-order valence-corrected chi connectivity index (χ3v) is 5.36. The molecule has 8 heteroatoms. The second-order valence-corrected chi connectivity index (χ2v) is 7.10. The van der Waals surface area contributed by atoms with Crippen LogP contribution in [0.3, 0.4) is 0 Å². The minimum absolute atomic E-state index is 0.0461. The molecule has 1 amide bonds. The molecule has 0 aliphatic heterocycles. The molecule has 0 aliphatic carbocycles. The highest BCUT2D eigenvalue weighted by Gasteiger charge is 2.24. The van der Waals surface area contributed by atoms with Crippen molar-refractivity contribution in [3.05, 3.63) is 73.5 Å². The van der Waals surface area contributed by atoms with E-state index in [1.807, 2.05) is 17.5 Å². The molecule has 0 aliphatic rings. The Kier molecular flexibility index (Phi) is 5.46. The third-order valence-electron chi connectivity index (χ3n) is 3.26. The molecule has 0 bridgehead atoms. The summed E-state index contributed by atoms with van der Waals surface area (Å²) in [5.41, 5.74) is 0.0641. The first-order chi connectivity index (χ1) is 11.6. The number of rotatable bonds is 5. The summed E-state index contributed by atoms with van der Waals surface area (Å²) >= 11 is 19.6. The van der Waals surface area contributed by atoms with Crippen LogP contribution in [-0.2, 0) is 13.1 Å². The monoisotopic (exact) mass is 400 g/mol. The van der Waals surface area contributed by atoms with E-state index in [0.717, 1.165) is 4.88 Å². The molecule has 3 rings (SSSR count). The van der Waals surface area contributed by atoms with Crippen molar-refractivity contribution in [2.75, 3.05) is 0 Å². The fourth-order valence-corrected chi connectivity index (χ4v) is 3.40. The molecular weight excluding hydrogens is 391 g/mol. The lowest BCUT2D eigenvalue weighted by atomic mass is 10.2. The van der Waals surface area contributed by atoms with Gasteiger partial charge in [0.05, 0.1) is 34.4 Å². The van der Waals surface area contributed by atoms with Crippen molar-refractivity contribution in [3.8, 4) is 0 Å². The second-order valence-electron chi connectivity index (χ2n) is 4.90. The minimum atomic E-state index is -0.344. The SMILES string of the molecule is O=C(c1ncc(Cl)c(Cl)c1Cl)N(Cc1ccco1)Cc1cccs1. The summed E-state index contributed by atoms with van der Waals surface area (Å²) in [5.74, 6) is 0.319. The molecule has 124 valence electrons. The summed E-state index contributed by atoms with van der Waals surface area (Å²) in [5, 5.41) is 2.32. The number of aromatic nitrogens is 1. The van der Waals surface area contributed by atoms with Crippen molar-refractivity contribution in [1.82, 2.24) is 9.88 Å². The summed E-state index contributed by atoms with van der Waals surface area (Å²) in [6.45, 7) is 0.706. The van der Waals surface area contributed by atoms with Crippen molar-refractivity contribution in [1.29, 1.82) is 0 Å². The first-order valence-corrected chi connectivity index (χ1v) is 8.91. The zero-order chi connectivity index (χ0) is 17.1. The lowest BCUT2D eigenvalue weighted by molar-refractivity contribution is 0.0714. The van der Waals surface area contributed by atoms with E-state index in [9.17, 15) is 4.79 Å². The average Bonchev–Trinajstić information content (AvgIpc) is 3.25. The fraction of sp³-hybridized carbons (Fsp3) is 0.125. The van der Waals surface area contributed by atoms with E-state index in [1.165, 1.54) is 6.20 Å². The van der Waals surface area contributed by atoms with E-state index < -0.39 is 0 Å². The second kappa shape index (κ2) is 7.57. The van der Waals surface area contributed by atoms with E-state index in [-0.39, 0.29) is 26.7 Å². The topological polar surface area (TPSA) is 46.3 Å². The predicted octanol–water partition coefficient (Wildman–Crippen LogP) is 5.54. The van der Waals surface area contributed by atoms with E-state index in [2.05, 4.69) is 4.98 Å². The Morgan fingerprint density at radius 3 is 2.67 bits per heavy atom. The molecule has 0 N–H and O–H groups in total. The van der Waals surface area contributed by atoms with E-state index >= 15 is 0 Å². The van der Waals surface area contributed by atoms with Gasteiger partial charge in [0.2, 0.25) is 0 Å². The highest BCUT2D eigenvalue weighted by Crippen LogP contribution is 2.32. The Morgan fingerprint density at radius 2 is 2.00 bits per heavy atom. The summed E-state index contributed by atoms with van der Waals surface area (Å²) in [6.07, 6.45) is 2.88. The van der Waals surface area contributed by atoms with Crippen molar-refractivity contribution in [3.63, 3.8) is 0 Å². The lowest BCUT2D eigenvalue weighted by Gasteiger charge is -2.21. The molecule has 0 saturated heterocycles. The van der Waals surface area contributed by atoms with Crippen LogP contribution < -0.4 is 0 Å². The maximum Gasteiger partial charge on any atom is 0.274 e. The Hall–Kier alpha value is -1.53. The number of thiophene rings is 1. The quantitative estimate of drug-likeness (QED) is 0.564. The molecule has 0 aromatic carbocycles. The Balaban J connectivity index is 1.92. The van der Waals surface area contributed by atoms with Gasteiger partial charge in [0.25, 0.3) is 5.91 Å². The number of carbonyl (C=O) groups is 1.